The lowest BCUT2D eigenvalue weighted by atomic mass is 9.85. The number of hydrogen-bond acceptors (Lipinski definition) is 3. The van der Waals surface area contributed by atoms with Crippen molar-refractivity contribution in [3.05, 3.63) is 59.4 Å². The maximum absolute atomic E-state index is 10.5. The molecule has 25 heavy (non-hydrogen) atoms. The average Bonchev–Trinajstić information content (AvgIpc) is 2.91. The van der Waals surface area contributed by atoms with E-state index in [1.807, 2.05) is 36.4 Å². The first kappa shape index (κ1) is 16.4. The van der Waals surface area contributed by atoms with Crippen molar-refractivity contribution in [2.75, 3.05) is 6.61 Å². The fourth-order valence-corrected chi connectivity index (χ4v) is 3.47. The summed E-state index contributed by atoms with van der Waals surface area (Å²) in [6.07, 6.45) is 2.98. The molecule has 4 nitrogen and oxygen atoms in total. The van der Waals surface area contributed by atoms with Gasteiger partial charge in [0.1, 0.15) is 24.3 Å². The number of aromatic nitrogens is 2. The minimum absolute atomic E-state index is 0.195. The highest BCUT2D eigenvalue weighted by atomic mass is 35.5. The molecule has 1 N–H and O–H groups in total. The number of hydrogen-bond donors (Lipinski definition) is 1. The first-order valence-electron chi connectivity index (χ1n) is 8.73. The maximum Gasteiger partial charge on any atom is 0.138 e. The molecule has 1 fully saturated rings. The fraction of sp³-hybridized carbons (Fsp3) is 0.350. The third-order valence-corrected chi connectivity index (χ3v) is 5.13. The van der Waals surface area contributed by atoms with Crippen LogP contribution >= 0.6 is 11.6 Å². The van der Waals surface area contributed by atoms with Gasteiger partial charge in [-0.1, -0.05) is 42.3 Å². The minimum atomic E-state index is -0.632. The number of rotatable bonds is 6. The molecule has 1 unspecified atom stereocenters. The number of nitrogens with zero attached hydrogens (tertiary/aromatic N) is 2. The summed E-state index contributed by atoms with van der Waals surface area (Å²) in [6, 6.07) is 15.4. The van der Waals surface area contributed by atoms with E-state index >= 15 is 0 Å². The van der Waals surface area contributed by atoms with Gasteiger partial charge < -0.3 is 14.4 Å². The van der Waals surface area contributed by atoms with Crippen molar-refractivity contribution in [3.8, 4) is 5.75 Å². The zero-order valence-electron chi connectivity index (χ0n) is 13.9. The second-order valence-electron chi connectivity index (χ2n) is 6.59. The molecule has 130 valence electrons. The summed E-state index contributed by atoms with van der Waals surface area (Å²) in [5.74, 6) is 2.19. The van der Waals surface area contributed by atoms with Gasteiger partial charge in [-0.15, -0.1) is 0 Å². The molecule has 0 saturated heterocycles. The molecule has 0 amide bonds. The van der Waals surface area contributed by atoms with Crippen LogP contribution in [0.2, 0.25) is 5.02 Å². The third-order valence-electron chi connectivity index (χ3n) is 4.82. The molecule has 1 aromatic heterocycles. The van der Waals surface area contributed by atoms with E-state index in [0.717, 1.165) is 16.9 Å². The molecule has 5 heteroatoms. The van der Waals surface area contributed by atoms with E-state index < -0.39 is 6.10 Å². The van der Waals surface area contributed by atoms with Crippen LogP contribution in [0.15, 0.2) is 48.5 Å². The van der Waals surface area contributed by atoms with Crippen LogP contribution in [-0.4, -0.2) is 27.4 Å². The summed E-state index contributed by atoms with van der Waals surface area (Å²) >= 11 is 6.10. The molecule has 0 aliphatic heterocycles. The lowest BCUT2D eigenvalue weighted by molar-refractivity contribution is 0.0920. The molecule has 0 radical (unpaired) electrons. The molecule has 0 bridgehead atoms. The smallest absolute Gasteiger partial charge is 0.138 e. The number of aliphatic hydroxyl groups excluding tert-OH is 1. The summed E-state index contributed by atoms with van der Waals surface area (Å²) in [5.41, 5.74) is 2.06. The molecule has 1 heterocycles. The Balaban J connectivity index is 1.52. The number of halogens is 1. The third kappa shape index (κ3) is 3.37. The molecule has 1 saturated carbocycles. The normalized spacial score (nSPS) is 15.9. The van der Waals surface area contributed by atoms with E-state index in [4.69, 9.17) is 21.3 Å². The van der Waals surface area contributed by atoms with Crippen LogP contribution in [0.4, 0.5) is 0 Å². The number of fused-ring (bicyclic) bond motifs is 1. The lowest BCUT2D eigenvalue weighted by Crippen LogP contribution is -2.26. The predicted molar refractivity (Wildman–Crippen MR) is 99.3 cm³/mol. The van der Waals surface area contributed by atoms with Gasteiger partial charge in [-0.25, -0.2) is 4.98 Å². The Bertz CT molecular complexity index is 873. The summed E-state index contributed by atoms with van der Waals surface area (Å²) in [5, 5.41) is 11.1. The van der Waals surface area contributed by atoms with Gasteiger partial charge >= 0.3 is 0 Å². The maximum atomic E-state index is 10.5. The minimum Gasteiger partial charge on any atom is -0.489 e. The Morgan fingerprint density at radius 1 is 1.16 bits per heavy atom. The van der Waals surface area contributed by atoms with Crippen LogP contribution in [0.25, 0.3) is 11.0 Å². The Kier molecular flexibility index (Phi) is 4.64. The van der Waals surface area contributed by atoms with Gasteiger partial charge in [0, 0.05) is 5.92 Å². The molecule has 3 aromatic rings. The van der Waals surface area contributed by atoms with Gasteiger partial charge in [-0.05, 0) is 37.1 Å². The molecule has 1 atom stereocenters. The van der Waals surface area contributed by atoms with Gasteiger partial charge in [-0.3, -0.25) is 0 Å². The van der Waals surface area contributed by atoms with Gasteiger partial charge in [0.25, 0.3) is 0 Å². The first-order chi connectivity index (χ1) is 12.2. The van der Waals surface area contributed by atoms with Crippen LogP contribution in [0, 0.1) is 0 Å². The zero-order valence-corrected chi connectivity index (χ0v) is 14.7. The van der Waals surface area contributed by atoms with Gasteiger partial charge in [0.15, 0.2) is 0 Å². The van der Waals surface area contributed by atoms with Gasteiger partial charge in [-0.2, -0.15) is 0 Å². The van der Waals surface area contributed by atoms with Crippen LogP contribution in [0.5, 0.6) is 5.75 Å². The number of aliphatic hydroxyl groups is 1. The second kappa shape index (κ2) is 7.06. The average molecular weight is 357 g/mol. The molecular formula is C20H21ClN2O2. The standard InChI is InChI=1S/C20H21ClN2O2/c21-16-8-1-4-11-19(16)25-13-15(24)12-23-18-10-3-2-9-17(18)22-20(23)14-6-5-7-14/h1-4,8-11,14-15,24H,5-7,12-13H2. The Morgan fingerprint density at radius 2 is 1.92 bits per heavy atom. The highest BCUT2D eigenvalue weighted by molar-refractivity contribution is 6.32. The quantitative estimate of drug-likeness (QED) is 0.712. The second-order valence-corrected chi connectivity index (χ2v) is 7.00. The van der Waals surface area contributed by atoms with Crippen LogP contribution in [0.1, 0.15) is 31.0 Å². The largest absolute Gasteiger partial charge is 0.489 e. The molecule has 1 aliphatic rings. The zero-order chi connectivity index (χ0) is 17.2. The summed E-state index contributed by atoms with van der Waals surface area (Å²) < 4.78 is 7.84. The lowest BCUT2D eigenvalue weighted by Gasteiger charge is -2.26. The first-order valence-corrected chi connectivity index (χ1v) is 9.10. The van der Waals surface area contributed by atoms with Crippen molar-refractivity contribution in [1.29, 1.82) is 0 Å². The van der Waals surface area contributed by atoms with E-state index in [-0.39, 0.29) is 6.61 Å². The van der Waals surface area contributed by atoms with E-state index in [0.29, 0.717) is 23.2 Å². The van der Waals surface area contributed by atoms with E-state index in [9.17, 15) is 5.11 Å². The summed E-state index contributed by atoms with van der Waals surface area (Å²) in [6.45, 7) is 0.664. The molecular weight excluding hydrogens is 336 g/mol. The van der Waals surface area contributed by atoms with Crippen molar-refractivity contribution < 1.29 is 9.84 Å². The fourth-order valence-electron chi connectivity index (χ4n) is 3.28. The number of ether oxygens (including phenoxy) is 1. The monoisotopic (exact) mass is 356 g/mol. The van der Waals surface area contributed by atoms with E-state index in [1.165, 1.54) is 19.3 Å². The Hall–Kier alpha value is -2.04. The van der Waals surface area contributed by atoms with E-state index in [2.05, 4.69) is 10.6 Å². The van der Waals surface area contributed by atoms with Crippen molar-refractivity contribution in [2.24, 2.45) is 0 Å². The van der Waals surface area contributed by atoms with Crippen molar-refractivity contribution in [1.82, 2.24) is 9.55 Å². The van der Waals surface area contributed by atoms with Crippen LogP contribution in [-0.2, 0) is 6.54 Å². The van der Waals surface area contributed by atoms with Gasteiger partial charge in [0.2, 0.25) is 0 Å². The summed E-state index contributed by atoms with van der Waals surface area (Å²) in [4.78, 5) is 4.81. The Labute approximate surface area is 152 Å². The number of para-hydroxylation sites is 3. The predicted octanol–water partition coefficient (Wildman–Crippen LogP) is 4.40. The van der Waals surface area contributed by atoms with Gasteiger partial charge in [0.05, 0.1) is 22.6 Å². The van der Waals surface area contributed by atoms with Crippen molar-refractivity contribution in [2.45, 2.75) is 37.8 Å². The molecule has 1 aliphatic carbocycles. The van der Waals surface area contributed by atoms with Crippen molar-refractivity contribution in [3.63, 3.8) is 0 Å². The molecule has 2 aromatic carbocycles. The van der Waals surface area contributed by atoms with E-state index in [1.54, 1.807) is 6.07 Å². The SMILES string of the molecule is OC(COc1ccccc1Cl)Cn1c(C2CCC2)nc2ccccc21. The van der Waals surface area contributed by atoms with Crippen molar-refractivity contribution >= 4 is 22.6 Å². The van der Waals surface area contributed by atoms with Crippen LogP contribution < -0.4 is 4.74 Å². The highest BCUT2D eigenvalue weighted by Crippen LogP contribution is 2.37. The molecule has 0 spiro atoms. The number of benzene rings is 2. The molecule has 4 rings (SSSR count). The van der Waals surface area contributed by atoms with Crippen LogP contribution in [0.3, 0.4) is 0 Å². The summed E-state index contributed by atoms with van der Waals surface area (Å²) in [7, 11) is 0. The highest BCUT2D eigenvalue weighted by Gasteiger charge is 2.26. The topological polar surface area (TPSA) is 47.3 Å². The number of imidazole rings is 1. The Morgan fingerprint density at radius 3 is 2.68 bits per heavy atom.